The normalized spacial score (nSPS) is 12.6. The van der Waals surface area contributed by atoms with E-state index in [1.165, 1.54) is 0 Å². The average Bonchev–Trinajstić information content (AvgIpc) is 2.88. The van der Waals surface area contributed by atoms with Gasteiger partial charge in [0.1, 0.15) is 0 Å². The minimum atomic E-state index is -3.74. The molecule has 0 aromatic heterocycles. The Hall–Kier alpha value is -2.08. The van der Waals surface area contributed by atoms with Crippen LogP contribution in [0, 0.1) is 7.43 Å². The Morgan fingerprint density at radius 1 is 0.765 bits per heavy atom. The summed E-state index contributed by atoms with van der Waals surface area (Å²) in [6.45, 7) is 0. The molecule has 7 heteroatoms. The zero-order valence-corrected chi connectivity index (χ0v) is 22.1. The van der Waals surface area contributed by atoms with E-state index in [9.17, 15) is 8.42 Å². The van der Waals surface area contributed by atoms with E-state index in [-0.39, 0.29) is 13.2 Å². The van der Waals surface area contributed by atoms with Crippen LogP contribution in [0.3, 0.4) is 0 Å². The summed E-state index contributed by atoms with van der Waals surface area (Å²) in [6, 6.07) is 30.8. The van der Waals surface area contributed by atoms with Gasteiger partial charge in [0.05, 0.1) is 10.0 Å². The van der Waals surface area contributed by atoms with Crippen LogP contribution in [0.5, 0.6) is 0 Å². The quantitative estimate of drug-likeness (QED) is 0.158. The number of hydrogen-bond donors (Lipinski definition) is 0. The van der Waals surface area contributed by atoms with E-state index < -0.39 is 22.1 Å². The van der Waals surface area contributed by atoms with Crippen molar-refractivity contribution in [3.8, 4) is 0 Å². The van der Waals surface area contributed by atoms with Crippen LogP contribution in [0.4, 0.5) is 0 Å². The summed E-state index contributed by atoms with van der Waals surface area (Å²) in [6.07, 6.45) is 0.378. The number of hydrogen-bond acceptors (Lipinski definition) is 2. The van der Waals surface area contributed by atoms with E-state index in [2.05, 4.69) is 14.4 Å². The maximum Gasteiger partial charge on any atom is 0.0728 e. The van der Waals surface area contributed by atoms with Gasteiger partial charge in [-0.05, 0) is 22.8 Å². The second kappa shape index (κ2) is 13.7. The molecule has 0 aliphatic heterocycles. The Morgan fingerprint density at radius 2 is 1.29 bits per heavy atom. The predicted molar refractivity (Wildman–Crippen MR) is 140 cm³/mol. The first-order valence-corrected chi connectivity index (χ1v) is 14.2. The van der Waals surface area contributed by atoms with Crippen molar-refractivity contribution in [2.24, 2.45) is 0 Å². The van der Waals surface area contributed by atoms with Crippen molar-refractivity contribution in [3.05, 3.63) is 138 Å². The number of benzene rings is 4. The molecule has 0 fully saturated rings. The van der Waals surface area contributed by atoms with E-state index in [0.29, 0.717) is 6.42 Å². The van der Waals surface area contributed by atoms with Gasteiger partial charge >= 0.3 is 27.0 Å². The van der Waals surface area contributed by atoms with Gasteiger partial charge in [0.25, 0.3) is 0 Å². The number of nitrogens with one attached hydrogen (secondary N) is 1. The molecule has 0 aliphatic carbocycles. The van der Waals surface area contributed by atoms with Crippen LogP contribution in [0.2, 0.25) is 0 Å². The zero-order chi connectivity index (χ0) is 23.7. The van der Waals surface area contributed by atoms with Crippen LogP contribution in [0.1, 0.15) is 28.8 Å². The maximum atomic E-state index is 13.0. The SMILES string of the molecule is [CH3-].[Cl][Ru+3].[NH-]C(c1ccccc1)C([N-]S(=O)(=O)CCc1cccc2ccccc12)c1ccccc1. The predicted octanol–water partition coefficient (Wildman–Crippen LogP) is 7.76. The van der Waals surface area contributed by atoms with Gasteiger partial charge in [-0.1, -0.05) is 114 Å². The van der Waals surface area contributed by atoms with E-state index in [4.69, 9.17) is 5.73 Å². The molecule has 0 heterocycles. The molecule has 0 spiro atoms. The van der Waals surface area contributed by atoms with Crippen LogP contribution in [0.15, 0.2) is 103 Å². The summed E-state index contributed by atoms with van der Waals surface area (Å²) in [5.74, 6) is -0.0914. The molecule has 0 saturated heterocycles. The fraction of sp³-hybridized carbons (Fsp3) is 0.148. The fourth-order valence-corrected chi connectivity index (χ4v) is 4.95. The first-order chi connectivity index (χ1) is 16.0. The zero-order valence-electron chi connectivity index (χ0n) is 18.8. The molecule has 4 aromatic carbocycles. The Labute approximate surface area is 217 Å². The molecular formula is C27H27ClN2O2RuS. The van der Waals surface area contributed by atoms with E-state index in [1.54, 1.807) is 0 Å². The molecule has 0 radical (unpaired) electrons. The topological polar surface area (TPSA) is 72.0 Å². The molecule has 4 aromatic rings. The molecular weight excluding hydrogens is 553 g/mol. The number of nitrogens with zero attached hydrogens (tertiary/aromatic N) is 1. The minimum Gasteiger partial charge on any atom is -0.672 e. The number of fused-ring (bicyclic) bond motifs is 1. The summed E-state index contributed by atoms with van der Waals surface area (Å²) in [7, 11) is 0.825. The molecule has 2 atom stereocenters. The number of rotatable bonds is 8. The van der Waals surface area contributed by atoms with Gasteiger partial charge in [0.2, 0.25) is 0 Å². The Kier molecular flexibility index (Phi) is 11.4. The van der Waals surface area contributed by atoms with Crippen LogP contribution in [-0.2, 0) is 33.8 Å². The van der Waals surface area contributed by atoms with Gasteiger partial charge in [-0.25, -0.2) is 8.42 Å². The molecule has 0 saturated carbocycles. The first kappa shape index (κ1) is 28.2. The molecule has 2 unspecified atom stereocenters. The number of halogens is 1. The summed E-state index contributed by atoms with van der Waals surface area (Å²) in [4.78, 5) is 0. The fourth-order valence-electron chi connectivity index (χ4n) is 3.78. The standard InChI is InChI=1S/C26H24N2O2S.CH3.ClH.Ru/c27-25(22-11-3-1-4-12-22)26(23-13-5-2-6-14-23)28-31(29,30)19-18-21-16-9-15-20-10-7-8-17-24(20)21;;;/h1-17,25-27H,18-19H2;1H3;1H;/q-2;-1;;+4/p-1. The van der Waals surface area contributed by atoms with Gasteiger partial charge in [-0.2, -0.15) is 0 Å². The molecule has 178 valence electrons. The van der Waals surface area contributed by atoms with Crippen molar-refractivity contribution >= 4 is 30.5 Å². The first-order valence-electron chi connectivity index (χ1n) is 10.4. The second-order valence-electron chi connectivity index (χ2n) is 7.52. The summed E-state index contributed by atoms with van der Waals surface area (Å²) in [5.41, 5.74) is 11.2. The Balaban J connectivity index is 0.00000133. The third-order valence-corrected chi connectivity index (χ3v) is 6.67. The molecule has 4 rings (SSSR count). The van der Waals surface area contributed by atoms with Crippen LogP contribution < -0.4 is 0 Å². The molecule has 0 aliphatic rings. The molecule has 34 heavy (non-hydrogen) atoms. The summed E-state index contributed by atoms with van der Waals surface area (Å²) in [5, 5.41) is 2.15. The van der Waals surface area contributed by atoms with Crippen molar-refractivity contribution in [1.29, 1.82) is 0 Å². The molecule has 0 amide bonds. The van der Waals surface area contributed by atoms with E-state index in [0.717, 1.165) is 27.5 Å². The summed E-state index contributed by atoms with van der Waals surface area (Å²) < 4.78 is 30.3. The van der Waals surface area contributed by atoms with Gasteiger partial charge in [-0.3, -0.25) is 0 Å². The van der Waals surface area contributed by atoms with Gasteiger partial charge in [-0.15, -0.1) is 12.1 Å². The van der Waals surface area contributed by atoms with Crippen molar-refractivity contribution < 1.29 is 25.7 Å². The van der Waals surface area contributed by atoms with Crippen molar-refractivity contribution in [2.45, 2.75) is 18.5 Å². The smallest absolute Gasteiger partial charge is 0.0728 e. The molecule has 1 N–H and O–H groups in total. The van der Waals surface area contributed by atoms with Gasteiger partial charge < -0.3 is 17.9 Å². The third-order valence-electron chi connectivity index (χ3n) is 5.40. The summed E-state index contributed by atoms with van der Waals surface area (Å²) >= 11 is 1.82. The van der Waals surface area contributed by atoms with E-state index in [1.807, 2.05) is 120 Å². The van der Waals surface area contributed by atoms with Gasteiger partial charge in [0.15, 0.2) is 0 Å². The van der Waals surface area contributed by atoms with Crippen LogP contribution >= 0.6 is 9.69 Å². The number of sulfonamides is 1. The average molecular weight is 580 g/mol. The van der Waals surface area contributed by atoms with Crippen LogP contribution in [0.25, 0.3) is 21.2 Å². The second-order valence-corrected chi connectivity index (χ2v) is 9.31. The Morgan fingerprint density at radius 3 is 1.94 bits per heavy atom. The minimum absolute atomic E-state index is 0. The van der Waals surface area contributed by atoms with Crippen molar-refractivity contribution in [1.82, 2.24) is 0 Å². The van der Waals surface area contributed by atoms with E-state index >= 15 is 0 Å². The van der Waals surface area contributed by atoms with Crippen LogP contribution in [-0.4, -0.2) is 14.2 Å². The largest absolute Gasteiger partial charge is 0.672 e. The van der Waals surface area contributed by atoms with Gasteiger partial charge in [0, 0.05) is 5.75 Å². The number of aryl methyl sites for hydroxylation is 1. The third kappa shape index (κ3) is 7.46. The molecule has 4 nitrogen and oxygen atoms in total. The monoisotopic (exact) mass is 580 g/mol. The molecule has 0 bridgehead atoms. The van der Waals surface area contributed by atoms with Crippen molar-refractivity contribution in [2.75, 3.05) is 5.75 Å². The maximum absolute atomic E-state index is 13.0. The Bertz CT molecular complexity index is 1250. The van der Waals surface area contributed by atoms with Crippen molar-refractivity contribution in [3.63, 3.8) is 0 Å².